The van der Waals surface area contributed by atoms with Crippen LogP contribution in [0.4, 0.5) is 0 Å². The van der Waals surface area contributed by atoms with Crippen LogP contribution in [0, 0.1) is 0 Å². The van der Waals surface area contributed by atoms with Crippen molar-refractivity contribution in [3.05, 3.63) is 41.7 Å². The van der Waals surface area contributed by atoms with Crippen LogP contribution in [-0.2, 0) is 9.84 Å². The third-order valence-electron chi connectivity index (χ3n) is 3.26. The topological polar surface area (TPSA) is 97.8 Å². The lowest BCUT2D eigenvalue weighted by molar-refractivity contribution is 0.415. The van der Waals surface area contributed by atoms with Gasteiger partial charge in [0.2, 0.25) is 15.0 Å². The van der Waals surface area contributed by atoms with Crippen molar-refractivity contribution in [1.29, 1.82) is 0 Å². The molecule has 2 heterocycles. The van der Waals surface area contributed by atoms with E-state index in [4.69, 9.17) is 16.3 Å². The fourth-order valence-corrected chi connectivity index (χ4v) is 2.93. The Balaban J connectivity index is 2.14. The van der Waals surface area contributed by atoms with E-state index in [1.165, 1.54) is 6.20 Å². The number of H-pyrrole nitrogens is 1. The van der Waals surface area contributed by atoms with Crippen molar-refractivity contribution in [1.82, 2.24) is 20.2 Å². The molecule has 0 radical (unpaired) electrons. The van der Waals surface area contributed by atoms with Crippen LogP contribution >= 0.6 is 11.6 Å². The zero-order valence-corrected chi connectivity index (χ0v) is 14.4. The molecule has 0 spiro atoms. The van der Waals surface area contributed by atoms with Crippen molar-refractivity contribution in [2.75, 3.05) is 13.4 Å². The Kier molecular flexibility index (Phi) is 4.25. The van der Waals surface area contributed by atoms with Crippen molar-refractivity contribution >= 4 is 21.4 Å². The number of benzene rings is 1. The molecule has 1 aromatic carbocycles. The van der Waals surface area contributed by atoms with Crippen LogP contribution in [0.1, 0.15) is 0 Å². The summed E-state index contributed by atoms with van der Waals surface area (Å²) >= 11 is 6.11. The minimum absolute atomic E-state index is 0.240. The van der Waals surface area contributed by atoms with Crippen molar-refractivity contribution in [3.8, 4) is 28.3 Å². The standard InChI is InChI=1S/C15H13ClN4O3S/c1-23-11-6-9(5-10(16)7-11)14-12(8-18-20-14)13-3-4-17-15(19-13)24(2,21)22/h3-8H,1-2H3,(H,18,20). The number of nitrogens with zero attached hydrogens (tertiary/aromatic N) is 3. The number of hydrogen-bond donors (Lipinski definition) is 1. The Labute approximate surface area is 143 Å². The number of rotatable bonds is 4. The highest BCUT2D eigenvalue weighted by molar-refractivity contribution is 7.90. The molecule has 0 aliphatic heterocycles. The van der Waals surface area contributed by atoms with E-state index in [1.54, 1.807) is 37.6 Å². The summed E-state index contributed by atoms with van der Waals surface area (Å²) in [4.78, 5) is 7.91. The van der Waals surface area contributed by atoms with Crippen LogP contribution in [0.15, 0.2) is 41.8 Å². The van der Waals surface area contributed by atoms with Crippen molar-refractivity contribution in [3.63, 3.8) is 0 Å². The summed E-state index contributed by atoms with van der Waals surface area (Å²) < 4.78 is 28.5. The maximum Gasteiger partial charge on any atom is 0.247 e. The largest absolute Gasteiger partial charge is 0.497 e. The van der Waals surface area contributed by atoms with E-state index in [1.807, 2.05) is 0 Å². The molecule has 0 saturated heterocycles. The maximum atomic E-state index is 11.7. The summed E-state index contributed by atoms with van der Waals surface area (Å²) in [7, 11) is -1.96. The van der Waals surface area contributed by atoms with Gasteiger partial charge < -0.3 is 4.74 Å². The normalized spacial score (nSPS) is 11.5. The van der Waals surface area contributed by atoms with Gasteiger partial charge in [0.1, 0.15) is 11.4 Å². The Hall–Kier alpha value is -2.45. The fourth-order valence-electron chi connectivity index (χ4n) is 2.19. The molecule has 0 saturated carbocycles. The summed E-state index contributed by atoms with van der Waals surface area (Å²) in [5.74, 6) is 0.589. The first-order valence-corrected chi connectivity index (χ1v) is 9.07. The molecule has 24 heavy (non-hydrogen) atoms. The average molecular weight is 365 g/mol. The van der Waals surface area contributed by atoms with Gasteiger partial charge in [-0.3, -0.25) is 5.10 Å². The number of ether oxygens (including phenoxy) is 1. The Morgan fingerprint density at radius 2 is 2.04 bits per heavy atom. The second-order valence-corrected chi connectivity index (χ2v) is 7.37. The molecule has 7 nitrogen and oxygen atoms in total. The molecule has 0 fully saturated rings. The van der Waals surface area contributed by atoms with E-state index in [9.17, 15) is 8.42 Å². The number of hydrogen-bond acceptors (Lipinski definition) is 6. The highest BCUT2D eigenvalue weighted by Crippen LogP contribution is 2.33. The Morgan fingerprint density at radius 1 is 1.25 bits per heavy atom. The first kappa shape index (κ1) is 16.4. The molecule has 3 rings (SSSR count). The zero-order chi connectivity index (χ0) is 17.3. The van der Waals surface area contributed by atoms with Gasteiger partial charge in [0.25, 0.3) is 0 Å². The monoisotopic (exact) mass is 364 g/mol. The molecule has 124 valence electrons. The first-order chi connectivity index (χ1) is 11.4. The van der Waals surface area contributed by atoms with Crippen molar-refractivity contribution in [2.24, 2.45) is 0 Å². The van der Waals surface area contributed by atoms with Crippen molar-refractivity contribution < 1.29 is 13.2 Å². The molecule has 0 bridgehead atoms. The summed E-state index contributed by atoms with van der Waals surface area (Å²) in [5, 5.41) is 7.25. The molecule has 0 amide bonds. The second-order valence-electron chi connectivity index (χ2n) is 5.02. The highest BCUT2D eigenvalue weighted by atomic mass is 35.5. The van der Waals surface area contributed by atoms with Crippen LogP contribution in [-0.4, -0.2) is 41.9 Å². The van der Waals surface area contributed by atoms with E-state index in [2.05, 4.69) is 20.2 Å². The van der Waals surface area contributed by atoms with E-state index in [0.717, 1.165) is 11.8 Å². The molecular weight excluding hydrogens is 352 g/mol. The van der Waals surface area contributed by atoms with E-state index in [-0.39, 0.29) is 5.16 Å². The van der Waals surface area contributed by atoms with Crippen LogP contribution in [0.2, 0.25) is 5.02 Å². The summed E-state index contributed by atoms with van der Waals surface area (Å²) in [5.41, 5.74) is 2.36. The van der Waals surface area contributed by atoms with Gasteiger partial charge in [-0.15, -0.1) is 0 Å². The lowest BCUT2D eigenvalue weighted by atomic mass is 10.1. The Morgan fingerprint density at radius 3 is 2.75 bits per heavy atom. The minimum Gasteiger partial charge on any atom is -0.497 e. The van der Waals surface area contributed by atoms with E-state index in [0.29, 0.717) is 27.7 Å². The SMILES string of the molecule is COc1cc(Cl)cc(-c2n[nH]cc2-c2ccnc(S(C)(=O)=O)n2)c1. The van der Waals surface area contributed by atoms with Gasteiger partial charge in [-0.1, -0.05) is 11.6 Å². The molecule has 0 atom stereocenters. The lowest BCUT2D eigenvalue weighted by Gasteiger charge is -2.06. The first-order valence-electron chi connectivity index (χ1n) is 6.80. The molecule has 2 aromatic heterocycles. The number of nitrogens with one attached hydrogen (secondary N) is 1. The number of halogens is 1. The van der Waals surface area contributed by atoms with Crippen molar-refractivity contribution in [2.45, 2.75) is 5.16 Å². The second kappa shape index (κ2) is 6.21. The minimum atomic E-state index is -3.51. The summed E-state index contributed by atoms with van der Waals surface area (Å²) in [6.45, 7) is 0. The third-order valence-corrected chi connectivity index (χ3v) is 4.34. The smallest absolute Gasteiger partial charge is 0.247 e. The molecule has 1 N–H and O–H groups in total. The van der Waals surface area contributed by atoms with Gasteiger partial charge in [-0.2, -0.15) is 5.10 Å². The van der Waals surface area contributed by atoms with Gasteiger partial charge >= 0.3 is 0 Å². The summed E-state index contributed by atoms with van der Waals surface area (Å²) in [6.07, 6.45) is 4.09. The fraction of sp³-hybridized carbons (Fsp3) is 0.133. The zero-order valence-electron chi connectivity index (χ0n) is 12.8. The molecular formula is C15H13ClN4O3S. The van der Waals surface area contributed by atoms with Gasteiger partial charge in [0, 0.05) is 34.8 Å². The van der Waals surface area contributed by atoms with Gasteiger partial charge in [-0.05, 0) is 24.3 Å². The third kappa shape index (κ3) is 3.24. The quantitative estimate of drug-likeness (QED) is 0.714. The predicted octanol–water partition coefficient (Wildman–Crippen LogP) is 2.60. The molecule has 0 aliphatic rings. The lowest BCUT2D eigenvalue weighted by Crippen LogP contribution is -2.04. The number of aromatic amines is 1. The molecule has 9 heteroatoms. The van der Waals surface area contributed by atoms with E-state index < -0.39 is 9.84 Å². The molecule has 0 unspecified atom stereocenters. The van der Waals surface area contributed by atoms with Gasteiger partial charge in [0.15, 0.2) is 0 Å². The van der Waals surface area contributed by atoms with Crippen LogP contribution < -0.4 is 4.74 Å². The number of methoxy groups -OCH3 is 1. The van der Waals surface area contributed by atoms with E-state index >= 15 is 0 Å². The molecule has 0 aliphatic carbocycles. The number of aromatic nitrogens is 4. The van der Waals surface area contributed by atoms with Gasteiger partial charge in [0.05, 0.1) is 12.8 Å². The van der Waals surface area contributed by atoms with Crippen LogP contribution in [0.5, 0.6) is 5.75 Å². The highest BCUT2D eigenvalue weighted by Gasteiger charge is 2.17. The average Bonchev–Trinajstić information content (AvgIpc) is 3.03. The van der Waals surface area contributed by atoms with Crippen LogP contribution in [0.3, 0.4) is 0 Å². The summed E-state index contributed by atoms with van der Waals surface area (Å²) in [6, 6.07) is 6.82. The maximum absolute atomic E-state index is 11.7. The number of sulfone groups is 1. The Bertz CT molecular complexity index is 1000. The predicted molar refractivity (Wildman–Crippen MR) is 89.7 cm³/mol. The molecule has 3 aromatic rings. The van der Waals surface area contributed by atoms with Crippen LogP contribution in [0.25, 0.3) is 22.5 Å². The van der Waals surface area contributed by atoms with Gasteiger partial charge in [-0.25, -0.2) is 18.4 Å².